The maximum atomic E-state index is 11.9. The third kappa shape index (κ3) is 8.10. The summed E-state index contributed by atoms with van der Waals surface area (Å²) in [6, 6.07) is 0. The van der Waals surface area contributed by atoms with Crippen molar-refractivity contribution in [3.05, 3.63) is 0 Å². The van der Waals surface area contributed by atoms with Crippen LogP contribution in [0.25, 0.3) is 0 Å². The van der Waals surface area contributed by atoms with E-state index in [9.17, 15) is 17.2 Å². The van der Waals surface area contributed by atoms with E-state index >= 15 is 0 Å². The van der Waals surface area contributed by atoms with Crippen LogP contribution >= 0.6 is 10.7 Å². The Hall–Kier alpha value is 0.1000. The molecule has 0 unspecified atom stereocenters. The Morgan fingerprint density at radius 2 is 1.90 bits per heavy atom. The fourth-order valence-electron chi connectivity index (χ4n) is 0.301. The van der Waals surface area contributed by atoms with E-state index < -0.39 is 27.1 Å². The highest BCUT2D eigenvalue weighted by atomic mass is 35.7. The number of rotatable bonds is 3. The number of hydrogen-bond acceptors (Lipinski definition) is 2. The Morgan fingerprint density at radius 1 is 1.50 bits per heavy atom. The van der Waals surface area contributed by atoms with E-state index in [-0.39, 0.29) is 0 Å². The second-order valence-corrected chi connectivity index (χ2v) is 4.96. The standard InChI is InChI=1S/C4H7ClF2O2S/c1-4(6,7)2-3-10(5,8)9/h2-3H2,1H3. The molecule has 0 spiro atoms. The van der Waals surface area contributed by atoms with Gasteiger partial charge in [0, 0.05) is 17.1 Å². The number of hydrogen-bond donors (Lipinski definition) is 0. The summed E-state index contributed by atoms with van der Waals surface area (Å²) in [6.07, 6.45) is -0.723. The van der Waals surface area contributed by atoms with Crippen LogP contribution in [-0.4, -0.2) is 20.1 Å². The minimum atomic E-state index is -3.77. The zero-order valence-corrected chi connectivity index (χ0v) is 6.85. The van der Waals surface area contributed by atoms with Gasteiger partial charge in [0.25, 0.3) is 0 Å². The molecule has 0 rings (SSSR count). The van der Waals surface area contributed by atoms with Crippen molar-refractivity contribution >= 4 is 19.7 Å². The first-order chi connectivity index (χ1) is 4.21. The van der Waals surface area contributed by atoms with Crippen molar-refractivity contribution in [2.24, 2.45) is 0 Å². The van der Waals surface area contributed by atoms with Crippen molar-refractivity contribution in [2.45, 2.75) is 19.3 Å². The van der Waals surface area contributed by atoms with Crippen molar-refractivity contribution in [1.82, 2.24) is 0 Å². The van der Waals surface area contributed by atoms with Crippen LogP contribution < -0.4 is 0 Å². The molecule has 0 aromatic carbocycles. The molecule has 62 valence electrons. The fraction of sp³-hybridized carbons (Fsp3) is 1.00. The van der Waals surface area contributed by atoms with Gasteiger partial charge in [-0.15, -0.1) is 0 Å². The minimum Gasteiger partial charge on any atom is -0.212 e. The van der Waals surface area contributed by atoms with Crippen LogP contribution in [-0.2, 0) is 9.05 Å². The monoisotopic (exact) mass is 192 g/mol. The summed E-state index contributed by atoms with van der Waals surface area (Å²) in [5.41, 5.74) is 0. The lowest BCUT2D eigenvalue weighted by atomic mass is 10.3. The third-order valence-corrected chi connectivity index (χ3v) is 1.94. The van der Waals surface area contributed by atoms with E-state index in [1.165, 1.54) is 0 Å². The smallest absolute Gasteiger partial charge is 0.212 e. The van der Waals surface area contributed by atoms with Crippen LogP contribution in [0.3, 0.4) is 0 Å². The Bertz CT molecular complexity index is 194. The van der Waals surface area contributed by atoms with Crippen molar-refractivity contribution in [2.75, 3.05) is 5.75 Å². The predicted molar refractivity (Wildman–Crippen MR) is 34.9 cm³/mol. The second kappa shape index (κ2) is 3.00. The molecule has 2 nitrogen and oxygen atoms in total. The van der Waals surface area contributed by atoms with Gasteiger partial charge in [-0.25, -0.2) is 17.2 Å². The van der Waals surface area contributed by atoms with Gasteiger partial charge in [-0.1, -0.05) is 0 Å². The van der Waals surface area contributed by atoms with Gasteiger partial charge in [-0.05, 0) is 6.92 Å². The molecule has 0 bridgehead atoms. The quantitative estimate of drug-likeness (QED) is 0.637. The Morgan fingerprint density at radius 3 is 2.00 bits per heavy atom. The summed E-state index contributed by atoms with van der Waals surface area (Å²) in [5.74, 6) is -3.64. The van der Waals surface area contributed by atoms with Crippen LogP contribution in [0.4, 0.5) is 8.78 Å². The fourth-order valence-corrected chi connectivity index (χ4v) is 1.13. The average Bonchev–Trinajstić information content (AvgIpc) is 1.57. The van der Waals surface area contributed by atoms with Gasteiger partial charge >= 0.3 is 0 Å². The van der Waals surface area contributed by atoms with Gasteiger partial charge in [0.15, 0.2) is 0 Å². The molecule has 6 heteroatoms. The summed E-state index contributed by atoms with van der Waals surface area (Å²) in [5, 5.41) is 0. The number of halogens is 3. The molecule has 0 amide bonds. The first-order valence-electron chi connectivity index (χ1n) is 2.51. The predicted octanol–water partition coefficient (Wildman–Crippen LogP) is 1.60. The summed E-state index contributed by atoms with van der Waals surface area (Å²) < 4.78 is 44.1. The van der Waals surface area contributed by atoms with Gasteiger partial charge in [0.2, 0.25) is 15.0 Å². The molecule has 0 saturated carbocycles. The maximum absolute atomic E-state index is 11.9. The molecule has 0 saturated heterocycles. The molecule has 0 radical (unpaired) electrons. The second-order valence-electron chi connectivity index (χ2n) is 2.06. The molecule has 0 aliphatic carbocycles. The lowest BCUT2D eigenvalue weighted by Gasteiger charge is -2.06. The molecule has 0 fully saturated rings. The summed E-state index contributed by atoms with van der Waals surface area (Å²) in [7, 11) is 0.913. The Kier molecular flexibility index (Phi) is 3.03. The largest absolute Gasteiger partial charge is 0.246 e. The Labute approximate surface area is 62.6 Å². The summed E-state index contributed by atoms with van der Waals surface area (Å²) >= 11 is 0. The zero-order valence-electron chi connectivity index (χ0n) is 5.27. The molecule has 0 N–H and O–H groups in total. The first-order valence-corrected chi connectivity index (χ1v) is 4.99. The van der Waals surface area contributed by atoms with E-state index in [0.29, 0.717) is 6.92 Å². The number of alkyl halides is 2. The van der Waals surface area contributed by atoms with E-state index in [1.54, 1.807) is 0 Å². The molecular weight excluding hydrogens is 186 g/mol. The normalized spacial score (nSPS) is 13.6. The van der Waals surface area contributed by atoms with Crippen molar-refractivity contribution in [3.8, 4) is 0 Å². The van der Waals surface area contributed by atoms with Crippen LogP contribution in [0.2, 0.25) is 0 Å². The third-order valence-electron chi connectivity index (χ3n) is 0.785. The molecule has 10 heavy (non-hydrogen) atoms. The van der Waals surface area contributed by atoms with Crippen LogP contribution in [0.1, 0.15) is 13.3 Å². The lowest BCUT2D eigenvalue weighted by Crippen LogP contribution is -2.14. The molecule has 0 aliphatic rings. The highest BCUT2D eigenvalue weighted by Gasteiger charge is 2.23. The van der Waals surface area contributed by atoms with E-state index in [0.717, 1.165) is 0 Å². The van der Waals surface area contributed by atoms with Crippen molar-refractivity contribution in [1.29, 1.82) is 0 Å². The zero-order chi connectivity index (χ0) is 8.41. The van der Waals surface area contributed by atoms with Gasteiger partial charge in [0.05, 0.1) is 5.75 Å². The average molecular weight is 193 g/mol. The molecule has 0 aromatic rings. The molecule has 0 atom stereocenters. The Balaban J connectivity index is 3.79. The highest BCUT2D eigenvalue weighted by molar-refractivity contribution is 8.13. The van der Waals surface area contributed by atoms with Crippen molar-refractivity contribution < 1.29 is 17.2 Å². The lowest BCUT2D eigenvalue weighted by molar-refractivity contribution is 0.0190. The maximum Gasteiger partial charge on any atom is 0.246 e. The van der Waals surface area contributed by atoms with E-state index in [4.69, 9.17) is 0 Å². The van der Waals surface area contributed by atoms with E-state index in [1.807, 2.05) is 0 Å². The van der Waals surface area contributed by atoms with Gasteiger partial charge in [-0.2, -0.15) is 0 Å². The van der Waals surface area contributed by atoms with Gasteiger partial charge in [-0.3, -0.25) is 0 Å². The van der Waals surface area contributed by atoms with Gasteiger partial charge in [0.1, 0.15) is 0 Å². The van der Waals surface area contributed by atoms with Crippen LogP contribution in [0, 0.1) is 0 Å². The summed E-state index contributed by atoms with van der Waals surface area (Å²) in [4.78, 5) is 0. The van der Waals surface area contributed by atoms with Crippen molar-refractivity contribution in [3.63, 3.8) is 0 Å². The highest BCUT2D eigenvalue weighted by Crippen LogP contribution is 2.18. The molecular formula is C4H7ClF2O2S. The van der Waals surface area contributed by atoms with Crippen LogP contribution in [0.5, 0.6) is 0 Å². The molecule has 0 aromatic heterocycles. The topological polar surface area (TPSA) is 34.1 Å². The summed E-state index contributed by atoms with van der Waals surface area (Å²) in [6.45, 7) is 0.648. The minimum absolute atomic E-state index is 0.648. The molecule has 0 heterocycles. The van der Waals surface area contributed by atoms with E-state index in [2.05, 4.69) is 10.7 Å². The SMILES string of the molecule is CC(F)(F)CCS(=O)(=O)Cl. The van der Waals surface area contributed by atoms with Gasteiger partial charge < -0.3 is 0 Å². The van der Waals surface area contributed by atoms with Crippen LogP contribution in [0.15, 0.2) is 0 Å². The molecule has 0 aliphatic heterocycles. The first kappa shape index (κ1) is 10.1.